The van der Waals surface area contributed by atoms with Gasteiger partial charge in [0.25, 0.3) is 0 Å². The third-order valence-corrected chi connectivity index (χ3v) is 11.5. The fraction of sp³-hybridized carbons (Fsp3) is 0. The molecule has 0 bridgehead atoms. The van der Waals surface area contributed by atoms with Crippen molar-refractivity contribution in [2.45, 2.75) is 0 Å². The summed E-state index contributed by atoms with van der Waals surface area (Å²) in [4.78, 5) is 10.5. The molecule has 52 heavy (non-hydrogen) atoms. The number of hydrogen-bond acceptors (Lipinski definition) is 3. The van der Waals surface area contributed by atoms with Gasteiger partial charge in [0.1, 0.15) is 0 Å². The molecule has 0 amide bonds. The Hall–Kier alpha value is -6.62. The molecular weight excluding hydrogens is 651 g/mol. The highest BCUT2D eigenvalue weighted by atomic mass is 32.1. The van der Waals surface area contributed by atoms with Crippen LogP contribution in [0, 0.1) is 0 Å². The Balaban J connectivity index is 1.14. The molecular formula is C48H29N3S. The van der Waals surface area contributed by atoms with E-state index in [1.165, 1.54) is 63.5 Å². The predicted molar refractivity (Wildman–Crippen MR) is 221 cm³/mol. The van der Waals surface area contributed by atoms with Gasteiger partial charge in [0, 0.05) is 53.3 Å². The number of benzene rings is 8. The zero-order valence-corrected chi connectivity index (χ0v) is 28.8. The summed E-state index contributed by atoms with van der Waals surface area (Å²) in [6.07, 6.45) is 0. The summed E-state index contributed by atoms with van der Waals surface area (Å²) >= 11 is 1.83. The van der Waals surface area contributed by atoms with E-state index in [2.05, 4.69) is 174 Å². The quantitative estimate of drug-likeness (QED) is 0.185. The number of thiophene rings is 1. The van der Waals surface area contributed by atoms with Crippen molar-refractivity contribution in [2.75, 3.05) is 0 Å². The van der Waals surface area contributed by atoms with Crippen molar-refractivity contribution >= 4 is 74.9 Å². The van der Waals surface area contributed by atoms with Crippen molar-refractivity contribution in [3.05, 3.63) is 176 Å². The van der Waals surface area contributed by atoms with Crippen molar-refractivity contribution in [3.8, 4) is 39.6 Å². The molecule has 0 saturated heterocycles. The average molecular weight is 680 g/mol. The third kappa shape index (κ3) is 4.51. The highest BCUT2D eigenvalue weighted by Crippen LogP contribution is 2.41. The summed E-state index contributed by atoms with van der Waals surface area (Å²) < 4.78 is 4.98. The van der Waals surface area contributed by atoms with E-state index in [9.17, 15) is 0 Å². The number of fused-ring (bicyclic) bond motifs is 10. The second-order valence-corrected chi connectivity index (χ2v) is 14.5. The molecule has 0 atom stereocenters. The van der Waals surface area contributed by atoms with E-state index in [1.54, 1.807) is 0 Å². The van der Waals surface area contributed by atoms with Gasteiger partial charge in [-0.1, -0.05) is 121 Å². The molecule has 3 nitrogen and oxygen atoms in total. The van der Waals surface area contributed by atoms with Crippen molar-refractivity contribution in [3.63, 3.8) is 0 Å². The number of hydrogen-bond donors (Lipinski definition) is 0. The minimum absolute atomic E-state index is 0.716. The third-order valence-electron chi connectivity index (χ3n) is 10.4. The molecule has 0 aliphatic heterocycles. The Morgan fingerprint density at radius 2 is 0.981 bits per heavy atom. The van der Waals surface area contributed by atoms with Crippen molar-refractivity contribution in [1.29, 1.82) is 0 Å². The molecule has 3 heterocycles. The molecule has 0 N–H and O–H groups in total. The van der Waals surface area contributed by atoms with Gasteiger partial charge in [-0.25, -0.2) is 9.97 Å². The predicted octanol–water partition coefficient (Wildman–Crippen LogP) is 13.2. The fourth-order valence-corrected chi connectivity index (χ4v) is 9.06. The van der Waals surface area contributed by atoms with Crippen LogP contribution in [0.3, 0.4) is 0 Å². The summed E-state index contributed by atoms with van der Waals surface area (Å²) in [7, 11) is 0. The van der Waals surface area contributed by atoms with Gasteiger partial charge in [-0.15, -0.1) is 11.3 Å². The van der Waals surface area contributed by atoms with Gasteiger partial charge in [-0.05, 0) is 76.1 Å². The normalized spacial score (nSPS) is 11.8. The topological polar surface area (TPSA) is 30.7 Å². The van der Waals surface area contributed by atoms with E-state index in [0.29, 0.717) is 5.82 Å². The Morgan fingerprint density at radius 1 is 0.385 bits per heavy atom. The SMILES string of the molecule is c1ccc(-c2cc(-c3cccc(-n4c5ccc6ccccc6c5c5c6ccccc6ccc54)c3)nc(-c3ccc4sc5ccccc5c4c3)n2)cc1. The minimum atomic E-state index is 0.716. The van der Waals surface area contributed by atoms with Gasteiger partial charge < -0.3 is 4.57 Å². The van der Waals surface area contributed by atoms with Crippen LogP contribution >= 0.6 is 11.3 Å². The molecule has 242 valence electrons. The van der Waals surface area contributed by atoms with Crippen LogP contribution in [0.4, 0.5) is 0 Å². The molecule has 8 aromatic carbocycles. The molecule has 0 aliphatic carbocycles. The number of rotatable bonds is 4. The van der Waals surface area contributed by atoms with Gasteiger partial charge in [0.2, 0.25) is 0 Å². The maximum atomic E-state index is 5.28. The summed E-state index contributed by atoms with van der Waals surface area (Å²) in [5.74, 6) is 0.716. The van der Waals surface area contributed by atoms with Gasteiger partial charge in [-0.3, -0.25) is 0 Å². The molecule has 0 fully saturated rings. The Kier molecular flexibility index (Phi) is 6.42. The first-order valence-corrected chi connectivity index (χ1v) is 18.4. The summed E-state index contributed by atoms with van der Waals surface area (Å²) in [6, 6.07) is 63.1. The molecule has 11 rings (SSSR count). The lowest BCUT2D eigenvalue weighted by atomic mass is 10.00. The summed E-state index contributed by atoms with van der Waals surface area (Å²) in [6.45, 7) is 0. The van der Waals surface area contributed by atoms with Crippen LogP contribution in [0.25, 0.3) is 103 Å². The van der Waals surface area contributed by atoms with E-state index < -0.39 is 0 Å². The van der Waals surface area contributed by atoms with Gasteiger partial charge in [0.15, 0.2) is 5.82 Å². The zero-order valence-electron chi connectivity index (χ0n) is 28.0. The number of nitrogens with zero attached hydrogens (tertiary/aromatic N) is 3. The van der Waals surface area contributed by atoms with Crippen LogP contribution in [-0.4, -0.2) is 14.5 Å². The molecule has 0 aliphatic rings. The molecule has 0 unspecified atom stereocenters. The van der Waals surface area contributed by atoms with Crippen LogP contribution in [-0.2, 0) is 0 Å². The van der Waals surface area contributed by atoms with Gasteiger partial charge in [-0.2, -0.15) is 0 Å². The Bertz CT molecular complexity index is 3100. The summed E-state index contributed by atoms with van der Waals surface area (Å²) in [5.41, 5.74) is 8.36. The Morgan fingerprint density at radius 3 is 1.71 bits per heavy atom. The van der Waals surface area contributed by atoms with Crippen LogP contribution in [0.15, 0.2) is 176 Å². The van der Waals surface area contributed by atoms with Crippen LogP contribution in [0.2, 0.25) is 0 Å². The van der Waals surface area contributed by atoms with E-state index in [-0.39, 0.29) is 0 Å². The van der Waals surface area contributed by atoms with Crippen molar-refractivity contribution in [2.24, 2.45) is 0 Å². The molecule has 11 aromatic rings. The van der Waals surface area contributed by atoms with Crippen molar-refractivity contribution in [1.82, 2.24) is 14.5 Å². The summed E-state index contributed by atoms with van der Waals surface area (Å²) in [5, 5.41) is 10.1. The lowest BCUT2D eigenvalue weighted by molar-refractivity contribution is 1.17. The highest BCUT2D eigenvalue weighted by molar-refractivity contribution is 7.25. The minimum Gasteiger partial charge on any atom is -0.309 e. The van der Waals surface area contributed by atoms with Crippen LogP contribution in [0.5, 0.6) is 0 Å². The van der Waals surface area contributed by atoms with E-state index in [1.807, 2.05) is 17.4 Å². The average Bonchev–Trinajstić information content (AvgIpc) is 3.77. The molecule has 0 saturated carbocycles. The van der Waals surface area contributed by atoms with Gasteiger partial charge >= 0.3 is 0 Å². The molecule has 4 heteroatoms. The lowest BCUT2D eigenvalue weighted by Gasteiger charge is -2.12. The zero-order chi connectivity index (χ0) is 34.2. The first-order valence-electron chi connectivity index (χ1n) is 17.6. The smallest absolute Gasteiger partial charge is 0.160 e. The monoisotopic (exact) mass is 679 g/mol. The lowest BCUT2D eigenvalue weighted by Crippen LogP contribution is -1.98. The van der Waals surface area contributed by atoms with E-state index in [4.69, 9.17) is 9.97 Å². The molecule has 0 radical (unpaired) electrons. The standard InChI is InChI=1S/C48H29N3S/c1-2-13-32(14-3-1)40-29-41(50-48(49-40)34-23-26-45-39(28-34)38-19-8-9-20-44(38)52-45)33-15-10-16-35(27-33)51-42-24-21-30-11-4-6-17-36(30)46(42)47-37-18-7-5-12-31(37)22-25-43(47)51/h1-29H. The maximum Gasteiger partial charge on any atom is 0.160 e. The largest absolute Gasteiger partial charge is 0.309 e. The van der Waals surface area contributed by atoms with Gasteiger partial charge in [0.05, 0.1) is 22.4 Å². The van der Waals surface area contributed by atoms with Crippen LogP contribution < -0.4 is 0 Å². The Labute approximate surface area is 303 Å². The number of aromatic nitrogens is 3. The van der Waals surface area contributed by atoms with Crippen molar-refractivity contribution < 1.29 is 0 Å². The maximum absolute atomic E-state index is 5.28. The second-order valence-electron chi connectivity index (χ2n) is 13.4. The highest BCUT2D eigenvalue weighted by Gasteiger charge is 2.18. The first kappa shape index (κ1) is 29.1. The fourth-order valence-electron chi connectivity index (χ4n) is 7.98. The first-order chi connectivity index (χ1) is 25.8. The van der Waals surface area contributed by atoms with E-state index >= 15 is 0 Å². The van der Waals surface area contributed by atoms with E-state index in [0.717, 1.165) is 33.8 Å². The second kappa shape index (κ2) is 11.5. The molecule has 0 spiro atoms. The van der Waals surface area contributed by atoms with Crippen LogP contribution in [0.1, 0.15) is 0 Å². The molecule has 3 aromatic heterocycles.